The van der Waals surface area contributed by atoms with Gasteiger partial charge in [-0.3, -0.25) is 0 Å². The minimum atomic E-state index is 1.12. The topological polar surface area (TPSA) is 12.0 Å². The van der Waals surface area contributed by atoms with Crippen LogP contribution in [0.5, 0.6) is 0 Å². The van der Waals surface area contributed by atoms with Crippen LogP contribution in [0.15, 0.2) is 48.5 Å². The number of hydrogen-bond acceptors (Lipinski definition) is 1. The number of aryl methyl sites for hydroxylation is 2. The molecule has 0 aromatic heterocycles. The van der Waals surface area contributed by atoms with Crippen LogP contribution in [0, 0.1) is 0 Å². The van der Waals surface area contributed by atoms with E-state index in [4.69, 9.17) is 0 Å². The highest BCUT2D eigenvalue weighted by Crippen LogP contribution is 2.36. The molecule has 8 rings (SSSR count). The third-order valence-corrected chi connectivity index (χ3v) is 5.29. The first kappa shape index (κ1) is 13.3. The van der Waals surface area contributed by atoms with Crippen molar-refractivity contribution < 1.29 is 0 Å². The monoisotopic (exact) mass is 299 g/mol. The first-order chi connectivity index (χ1) is 11.4. The predicted molar refractivity (Wildman–Crippen MR) is 99.7 cm³/mol. The third-order valence-electron chi connectivity index (χ3n) is 5.29. The van der Waals surface area contributed by atoms with Gasteiger partial charge in [-0.05, 0) is 82.2 Å². The fraction of sp³-hybridized carbons (Fsp3) is 0.273. The first-order valence-electron chi connectivity index (χ1n) is 8.79. The molecule has 4 heterocycles. The summed E-state index contributed by atoms with van der Waals surface area (Å²) >= 11 is 0. The number of benzene rings is 4. The summed E-state index contributed by atoms with van der Waals surface area (Å²) in [6.45, 7) is 2.24. The second-order valence-electron chi connectivity index (χ2n) is 6.92. The first-order valence-corrected chi connectivity index (χ1v) is 8.79. The van der Waals surface area contributed by atoms with Gasteiger partial charge in [-0.2, -0.15) is 0 Å². The second kappa shape index (κ2) is 5.21. The maximum absolute atomic E-state index is 3.59. The summed E-state index contributed by atoms with van der Waals surface area (Å²) in [4.78, 5) is 0. The Morgan fingerprint density at radius 2 is 0.957 bits per heavy atom. The van der Waals surface area contributed by atoms with Crippen LogP contribution in [0.2, 0.25) is 0 Å². The van der Waals surface area contributed by atoms with Gasteiger partial charge in [0.2, 0.25) is 0 Å². The molecule has 0 fully saturated rings. The molecule has 0 aliphatic carbocycles. The fourth-order valence-electron chi connectivity index (χ4n) is 4.22. The molecule has 4 aliphatic heterocycles. The molecule has 0 radical (unpaired) electrons. The van der Waals surface area contributed by atoms with E-state index < -0.39 is 0 Å². The molecule has 0 unspecified atom stereocenters. The summed E-state index contributed by atoms with van der Waals surface area (Å²) < 4.78 is 0. The Morgan fingerprint density at radius 3 is 1.35 bits per heavy atom. The summed E-state index contributed by atoms with van der Waals surface area (Å²) in [5, 5.41) is 12.1. The van der Waals surface area contributed by atoms with E-state index in [0.29, 0.717) is 0 Å². The van der Waals surface area contributed by atoms with E-state index in [2.05, 4.69) is 53.8 Å². The molecule has 4 aromatic rings. The van der Waals surface area contributed by atoms with Gasteiger partial charge in [0.25, 0.3) is 0 Å². The average Bonchev–Trinajstić information content (AvgIpc) is 2.59. The largest absolute Gasteiger partial charge is 0.317 e. The lowest BCUT2D eigenvalue weighted by molar-refractivity contribution is 0.623. The predicted octanol–water partition coefficient (Wildman–Crippen LogP) is 5.05. The second-order valence-corrected chi connectivity index (χ2v) is 6.92. The molecular formula is C22H21N. The van der Waals surface area contributed by atoms with Gasteiger partial charge in [0.05, 0.1) is 0 Å². The summed E-state index contributed by atoms with van der Waals surface area (Å²) in [5.74, 6) is 0. The lowest BCUT2D eigenvalue weighted by Crippen LogP contribution is -2.17. The van der Waals surface area contributed by atoms with Gasteiger partial charge in [-0.1, -0.05) is 48.5 Å². The van der Waals surface area contributed by atoms with Gasteiger partial charge >= 0.3 is 0 Å². The summed E-state index contributed by atoms with van der Waals surface area (Å²) in [7, 11) is 0. The van der Waals surface area contributed by atoms with Crippen LogP contribution in [0.3, 0.4) is 0 Å². The van der Waals surface area contributed by atoms with E-state index in [1.807, 2.05) is 0 Å². The van der Waals surface area contributed by atoms with Crippen LogP contribution in [0.1, 0.15) is 24.0 Å². The lowest BCUT2D eigenvalue weighted by atomic mass is 9.90. The SMILES string of the molecule is c1cc2cc3cc4ccc5cc(cc1c5c24)CCCNCCC3. The minimum Gasteiger partial charge on any atom is -0.317 e. The number of hydrogen-bond donors (Lipinski definition) is 1. The Labute approximate surface area is 136 Å². The standard InChI is InChI=1S/C22H21N/c1-3-15-11-17-5-7-19-13-16(4-2-10-23-9-1)14-20-8-6-18(12-15)21(17)22(19)20/h5-8,11-14,23H,1-4,9-10H2. The Bertz CT molecular complexity index is 851. The van der Waals surface area contributed by atoms with Crippen LogP contribution in [0.25, 0.3) is 32.3 Å². The third kappa shape index (κ3) is 2.19. The number of nitrogens with one attached hydrogen (secondary N) is 1. The van der Waals surface area contributed by atoms with Crippen molar-refractivity contribution in [3.05, 3.63) is 59.7 Å². The highest BCUT2D eigenvalue weighted by molar-refractivity contribution is 6.23. The molecule has 23 heavy (non-hydrogen) atoms. The minimum absolute atomic E-state index is 1.12. The molecule has 0 saturated heterocycles. The summed E-state index contributed by atoms with van der Waals surface area (Å²) in [6, 6.07) is 18.8. The summed E-state index contributed by atoms with van der Waals surface area (Å²) in [6.07, 6.45) is 4.75. The normalized spacial score (nSPS) is 16.3. The molecule has 0 atom stereocenters. The van der Waals surface area contributed by atoms with E-state index in [0.717, 1.165) is 25.9 Å². The molecule has 0 spiro atoms. The van der Waals surface area contributed by atoms with E-state index in [1.54, 1.807) is 0 Å². The molecule has 0 saturated carbocycles. The average molecular weight is 299 g/mol. The van der Waals surface area contributed by atoms with Crippen molar-refractivity contribution in [2.45, 2.75) is 25.7 Å². The van der Waals surface area contributed by atoms with Gasteiger partial charge < -0.3 is 5.32 Å². The summed E-state index contributed by atoms with van der Waals surface area (Å²) in [5.41, 5.74) is 2.93. The lowest BCUT2D eigenvalue weighted by Gasteiger charge is -2.13. The molecule has 1 N–H and O–H groups in total. The molecular weight excluding hydrogens is 278 g/mol. The van der Waals surface area contributed by atoms with Crippen molar-refractivity contribution in [2.75, 3.05) is 13.1 Å². The molecule has 4 aromatic carbocycles. The van der Waals surface area contributed by atoms with Crippen molar-refractivity contribution in [3.8, 4) is 0 Å². The van der Waals surface area contributed by atoms with Crippen molar-refractivity contribution in [1.29, 1.82) is 0 Å². The van der Waals surface area contributed by atoms with Gasteiger partial charge in [-0.25, -0.2) is 0 Å². The maximum atomic E-state index is 3.59. The molecule has 0 amide bonds. The quantitative estimate of drug-likeness (QED) is 0.448. The van der Waals surface area contributed by atoms with Gasteiger partial charge in [-0.15, -0.1) is 0 Å². The zero-order valence-corrected chi connectivity index (χ0v) is 13.4. The van der Waals surface area contributed by atoms with E-state index >= 15 is 0 Å². The van der Waals surface area contributed by atoms with Gasteiger partial charge in [0.1, 0.15) is 0 Å². The van der Waals surface area contributed by atoms with Crippen molar-refractivity contribution in [3.63, 3.8) is 0 Å². The zero-order valence-electron chi connectivity index (χ0n) is 13.4. The molecule has 1 heteroatoms. The van der Waals surface area contributed by atoms with Crippen molar-refractivity contribution in [2.24, 2.45) is 0 Å². The van der Waals surface area contributed by atoms with Crippen LogP contribution in [0.4, 0.5) is 0 Å². The molecule has 4 aliphatic rings. The zero-order chi connectivity index (χ0) is 15.2. The molecule has 1 nitrogen and oxygen atoms in total. The van der Waals surface area contributed by atoms with Gasteiger partial charge in [0.15, 0.2) is 0 Å². The van der Waals surface area contributed by atoms with Crippen molar-refractivity contribution in [1.82, 2.24) is 5.32 Å². The highest BCUT2D eigenvalue weighted by Gasteiger charge is 2.11. The van der Waals surface area contributed by atoms with Gasteiger partial charge in [0, 0.05) is 0 Å². The van der Waals surface area contributed by atoms with Crippen LogP contribution in [-0.2, 0) is 12.8 Å². The fourth-order valence-corrected chi connectivity index (χ4v) is 4.22. The number of rotatable bonds is 0. The molecule has 8 bridgehead atoms. The van der Waals surface area contributed by atoms with E-state index in [9.17, 15) is 0 Å². The Hall–Kier alpha value is -2.12. The van der Waals surface area contributed by atoms with Crippen LogP contribution in [-0.4, -0.2) is 13.1 Å². The number of fused-ring (bicyclic) bond motifs is 2. The maximum Gasteiger partial charge on any atom is -0.00266 e. The van der Waals surface area contributed by atoms with Crippen LogP contribution >= 0.6 is 0 Å². The van der Waals surface area contributed by atoms with Crippen LogP contribution < -0.4 is 5.32 Å². The Kier molecular flexibility index (Phi) is 3.02. The van der Waals surface area contributed by atoms with E-state index in [1.165, 1.54) is 56.3 Å². The highest BCUT2D eigenvalue weighted by atomic mass is 14.8. The Morgan fingerprint density at radius 1 is 0.565 bits per heavy atom. The van der Waals surface area contributed by atoms with E-state index in [-0.39, 0.29) is 0 Å². The smallest absolute Gasteiger partial charge is 0.00266 e. The Balaban J connectivity index is 1.87. The molecule has 114 valence electrons. The van der Waals surface area contributed by atoms with Crippen molar-refractivity contribution >= 4 is 32.3 Å².